The van der Waals surface area contributed by atoms with Crippen LogP contribution in [0.4, 0.5) is 0 Å². The topological polar surface area (TPSA) is 26.0 Å². The fourth-order valence-electron chi connectivity index (χ4n) is 3.99. The molecular formula is C24H24NOP. The van der Waals surface area contributed by atoms with E-state index in [9.17, 15) is 0 Å². The van der Waals surface area contributed by atoms with Gasteiger partial charge in [0, 0.05) is 0 Å². The van der Waals surface area contributed by atoms with E-state index >= 15 is 0 Å². The summed E-state index contributed by atoms with van der Waals surface area (Å²) >= 11 is 0. The van der Waals surface area contributed by atoms with E-state index in [0.29, 0.717) is 0 Å². The van der Waals surface area contributed by atoms with E-state index in [4.69, 9.17) is 4.52 Å². The maximum atomic E-state index is 5.52. The van der Waals surface area contributed by atoms with E-state index in [1.165, 1.54) is 21.5 Å². The van der Waals surface area contributed by atoms with Gasteiger partial charge >= 0.3 is 161 Å². The van der Waals surface area contributed by atoms with Gasteiger partial charge in [-0.05, 0) is 0 Å². The van der Waals surface area contributed by atoms with Crippen molar-refractivity contribution in [3.8, 4) is 0 Å². The normalized spacial score (nSPS) is 12.1. The fraction of sp³-hybridized carbons (Fsp3) is 0.125. The van der Waals surface area contributed by atoms with Gasteiger partial charge in [0.25, 0.3) is 0 Å². The number of benzene rings is 3. The number of hydrogen-bond donors (Lipinski definition) is 0. The summed E-state index contributed by atoms with van der Waals surface area (Å²) in [5.41, 5.74) is 2.23. The van der Waals surface area contributed by atoms with Crippen LogP contribution in [0.25, 0.3) is 0 Å². The zero-order valence-corrected chi connectivity index (χ0v) is 16.7. The van der Waals surface area contributed by atoms with E-state index in [1.807, 2.05) is 13.8 Å². The minimum atomic E-state index is -2.29. The molecule has 0 unspecified atom stereocenters. The first-order valence-corrected chi connectivity index (χ1v) is 11.5. The van der Waals surface area contributed by atoms with E-state index in [0.717, 1.165) is 17.6 Å². The van der Waals surface area contributed by atoms with Crippen molar-refractivity contribution in [2.75, 3.05) is 0 Å². The van der Waals surface area contributed by atoms with E-state index in [2.05, 4.69) is 96.2 Å². The van der Waals surface area contributed by atoms with Crippen LogP contribution in [0.15, 0.2) is 95.5 Å². The Bertz CT molecular complexity index is 894. The molecule has 3 heteroatoms. The number of nitrogens with zero attached hydrogens (tertiary/aromatic N) is 1. The zero-order chi connectivity index (χ0) is 18.7. The van der Waals surface area contributed by atoms with Crippen molar-refractivity contribution in [2.24, 2.45) is 0 Å². The second-order valence-corrected chi connectivity index (χ2v) is 10.9. The van der Waals surface area contributed by atoms with Crippen LogP contribution in [0.1, 0.15) is 17.0 Å². The SMILES string of the molecule is Cc1noc(C)c1C[PH](c1ccccc1)(c1ccccc1)c1ccccc1. The third-order valence-corrected chi connectivity index (χ3v) is 10.3. The van der Waals surface area contributed by atoms with Crippen molar-refractivity contribution in [1.82, 2.24) is 5.16 Å². The molecule has 136 valence electrons. The van der Waals surface area contributed by atoms with Crippen LogP contribution in [0, 0.1) is 13.8 Å². The summed E-state index contributed by atoms with van der Waals surface area (Å²) in [7, 11) is -2.29. The van der Waals surface area contributed by atoms with Gasteiger partial charge in [-0.2, -0.15) is 0 Å². The van der Waals surface area contributed by atoms with Gasteiger partial charge in [0.05, 0.1) is 0 Å². The van der Waals surface area contributed by atoms with E-state index in [-0.39, 0.29) is 0 Å². The Labute approximate surface area is 161 Å². The first-order valence-electron chi connectivity index (χ1n) is 9.30. The predicted octanol–water partition coefficient (Wildman–Crippen LogP) is 4.52. The molecule has 0 atom stereocenters. The Hall–Kier alpha value is -2.70. The summed E-state index contributed by atoms with van der Waals surface area (Å²) in [5.74, 6) is 0.923. The van der Waals surface area contributed by atoms with Crippen LogP contribution in [-0.4, -0.2) is 5.16 Å². The molecule has 0 spiro atoms. The molecule has 0 fully saturated rings. The summed E-state index contributed by atoms with van der Waals surface area (Å²) in [6.07, 6.45) is 0.937. The van der Waals surface area contributed by atoms with E-state index < -0.39 is 7.26 Å². The Kier molecular flexibility index (Phi) is 4.92. The molecule has 0 aliphatic carbocycles. The van der Waals surface area contributed by atoms with Crippen LogP contribution in [0.5, 0.6) is 0 Å². The average molecular weight is 373 g/mol. The quantitative estimate of drug-likeness (QED) is 0.481. The molecule has 0 bridgehead atoms. The molecule has 1 aromatic heterocycles. The van der Waals surface area contributed by atoms with Crippen molar-refractivity contribution in [3.63, 3.8) is 0 Å². The molecule has 27 heavy (non-hydrogen) atoms. The van der Waals surface area contributed by atoms with Crippen LogP contribution < -0.4 is 15.9 Å². The molecule has 0 aliphatic rings. The molecular weight excluding hydrogens is 349 g/mol. The monoisotopic (exact) mass is 373 g/mol. The molecule has 0 saturated heterocycles. The summed E-state index contributed by atoms with van der Waals surface area (Å²) in [4.78, 5) is 0. The van der Waals surface area contributed by atoms with Crippen molar-refractivity contribution < 1.29 is 4.52 Å². The first kappa shape index (κ1) is 17.7. The van der Waals surface area contributed by atoms with Gasteiger partial charge in [-0.15, -0.1) is 0 Å². The van der Waals surface area contributed by atoms with Crippen LogP contribution in [-0.2, 0) is 6.16 Å². The van der Waals surface area contributed by atoms with Crippen molar-refractivity contribution in [1.29, 1.82) is 0 Å². The molecule has 0 amide bonds. The minimum absolute atomic E-state index is 0.923. The third kappa shape index (κ3) is 3.22. The predicted molar refractivity (Wildman–Crippen MR) is 116 cm³/mol. The number of aromatic nitrogens is 1. The summed E-state index contributed by atoms with van der Waals surface area (Å²) in [5, 5.41) is 8.44. The Morgan fingerprint density at radius 2 is 1.07 bits per heavy atom. The molecule has 0 saturated carbocycles. The van der Waals surface area contributed by atoms with Crippen LogP contribution in [0.3, 0.4) is 0 Å². The molecule has 0 N–H and O–H groups in total. The van der Waals surface area contributed by atoms with Gasteiger partial charge in [0.2, 0.25) is 0 Å². The average Bonchev–Trinajstić information content (AvgIpc) is 3.05. The number of hydrogen-bond acceptors (Lipinski definition) is 2. The molecule has 0 aliphatic heterocycles. The second-order valence-electron chi connectivity index (χ2n) is 6.98. The van der Waals surface area contributed by atoms with E-state index in [1.54, 1.807) is 0 Å². The number of rotatable bonds is 5. The van der Waals surface area contributed by atoms with Crippen molar-refractivity contribution in [2.45, 2.75) is 20.0 Å². The van der Waals surface area contributed by atoms with Gasteiger partial charge < -0.3 is 0 Å². The Balaban J connectivity index is 2.03. The molecule has 4 rings (SSSR count). The second kappa shape index (κ2) is 7.50. The summed E-state index contributed by atoms with van der Waals surface area (Å²) in [6, 6.07) is 32.9. The third-order valence-electron chi connectivity index (χ3n) is 5.42. The van der Waals surface area contributed by atoms with Crippen molar-refractivity contribution in [3.05, 3.63) is 108 Å². The van der Waals surface area contributed by atoms with Crippen molar-refractivity contribution >= 4 is 23.2 Å². The molecule has 0 radical (unpaired) electrons. The van der Waals surface area contributed by atoms with Gasteiger partial charge in [-0.1, -0.05) is 0 Å². The van der Waals surface area contributed by atoms with Crippen LogP contribution in [0.2, 0.25) is 0 Å². The van der Waals surface area contributed by atoms with Crippen LogP contribution >= 0.6 is 7.26 Å². The Morgan fingerprint density at radius 1 is 0.667 bits per heavy atom. The Morgan fingerprint density at radius 3 is 1.41 bits per heavy atom. The standard InChI is InChI=1S/C24H24NOP/c1-19-24(20(2)26-25-19)18-27(21-12-6-3-7-13-21,22-14-8-4-9-15-22)23-16-10-5-11-17-23/h3-17,27H,18H2,1-2H3. The molecule has 2 nitrogen and oxygen atoms in total. The molecule has 1 heterocycles. The number of aryl methyl sites for hydroxylation is 2. The van der Waals surface area contributed by atoms with Gasteiger partial charge in [-0.3, -0.25) is 0 Å². The first-order chi connectivity index (χ1) is 13.2. The maximum absolute atomic E-state index is 5.52. The fourth-order valence-corrected chi connectivity index (χ4v) is 8.93. The molecule has 3 aromatic carbocycles. The van der Waals surface area contributed by atoms with Gasteiger partial charge in [0.15, 0.2) is 0 Å². The van der Waals surface area contributed by atoms with Gasteiger partial charge in [-0.25, -0.2) is 0 Å². The van der Waals surface area contributed by atoms with Gasteiger partial charge in [0.1, 0.15) is 0 Å². The summed E-state index contributed by atoms with van der Waals surface area (Å²) in [6.45, 7) is 4.07. The summed E-state index contributed by atoms with van der Waals surface area (Å²) < 4.78 is 5.52. The molecule has 4 aromatic rings. The zero-order valence-electron chi connectivity index (χ0n) is 15.7.